The Bertz CT molecular complexity index is 908. The van der Waals surface area contributed by atoms with Gasteiger partial charge in [0.15, 0.2) is 5.82 Å². The molecule has 28 heavy (non-hydrogen) atoms. The molecular weight excluding hydrogens is 362 g/mol. The van der Waals surface area contributed by atoms with Crippen molar-refractivity contribution in [3.8, 4) is 5.75 Å². The van der Waals surface area contributed by atoms with Crippen LogP contribution in [0.2, 0.25) is 0 Å². The van der Waals surface area contributed by atoms with E-state index in [4.69, 9.17) is 4.74 Å². The number of carbonyl (C=O) groups excluding carboxylic acids is 1. The predicted octanol–water partition coefficient (Wildman–Crippen LogP) is 0.826. The standard InChI is InChI=1S/C18H23N7O3/c1-13-4-5-15(26)14(10-13)17(20-6-3-8-24-9-7-19-12-24)18-21-22-23-25(18)11-16(27)28-2/h4-5,7,9-10,12,17,20,26H,3,6,8,11H2,1-2H3. The molecule has 148 valence electrons. The molecule has 3 rings (SSSR count). The highest BCUT2D eigenvalue weighted by atomic mass is 16.5. The Morgan fingerprint density at radius 3 is 3.00 bits per heavy atom. The van der Waals surface area contributed by atoms with Gasteiger partial charge in [0.1, 0.15) is 12.3 Å². The van der Waals surface area contributed by atoms with Crippen molar-refractivity contribution in [2.24, 2.45) is 0 Å². The van der Waals surface area contributed by atoms with Crippen molar-refractivity contribution in [2.75, 3.05) is 13.7 Å². The molecule has 10 heteroatoms. The summed E-state index contributed by atoms with van der Waals surface area (Å²) in [5.41, 5.74) is 1.63. The number of imidazole rings is 1. The first kappa shape index (κ1) is 19.5. The molecule has 0 aliphatic rings. The predicted molar refractivity (Wildman–Crippen MR) is 99.4 cm³/mol. The van der Waals surface area contributed by atoms with E-state index >= 15 is 0 Å². The molecule has 3 aromatic rings. The summed E-state index contributed by atoms with van der Waals surface area (Å²) in [6.45, 7) is 3.27. The van der Waals surface area contributed by atoms with E-state index in [2.05, 4.69) is 25.8 Å². The number of carbonyl (C=O) groups is 1. The Morgan fingerprint density at radius 2 is 2.25 bits per heavy atom. The lowest BCUT2D eigenvalue weighted by Crippen LogP contribution is -2.28. The first-order chi connectivity index (χ1) is 13.6. The minimum atomic E-state index is -0.484. The highest BCUT2D eigenvalue weighted by Crippen LogP contribution is 2.29. The van der Waals surface area contributed by atoms with Crippen molar-refractivity contribution in [1.29, 1.82) is 0 Å². The minimum Gasteiger partial charge on any atom is -0.508 e. The van der Waals surface area contributed by atoms with Crippen LogP contribution in [0.25, 0.3) is 0 Å². The highest BCUT2D eigenvalue weighted by molar-refractivity contribution is 5.68. The molecule has 2 aromatic heterocycles. The van der Waals surface area contributed by atoms with Crippen LogP contribution >= 0.6 is 0 Å². The quantitative estimate of drug-likeness (QED) is 0.410. The summed E-state index contributed by atoms with van der Waals surface area (Å²) < 4.78 is 8.08. The second-order valence-electron chi connectivity index (χ2n) is 6.37. The molecular formula is C18H23N7O3. The van der Waals surface area contributed by atoms with Gasteiger partial charge in [-0.3, -0.25) is 4.79 Å². The van der Waals surface area contributed by atoms with Crippen LogP contribution in [0.1, 0.15) is 29.4 Å². The van der Waals surface area contributed by atoms with Gasteiger partial charge >= 0.3 is 5.97 Å². The van der Waals surface area contributed by atoms with Crippen molar-refractivity contribution in [2.45, 2.75) is 32.5 Å². The van der Waals surface area contributed by atoms with Gasteiger partial charge in [0.2, 0.25) is 0 Å². The number of aromatic nitrogens is 6. The third-order valence-corrected chi connectivity index (χ3v) is 4.32. The Labute approximate surface area is 162 Å². The fourth-order valence-electron chi connectivity index (χ4n) is 2.89. The molecule has 10 nitrogen and oxygen atoms in total. The van der Waals surface area contributed by atoms with Crippen molar-refractivity contribution in [3.63, 3.8) is 0 Å². The lowest BCUT2D eigenvalue weighted by molar-refractivity contribution is -0.141. The van der Waals surface area contributed by atoms with E-state index in [1.54, 1.807) is 18.6 Å². The van der Waals surface area contributed by atoms with Crippen LogP contribution in [-0.4, -0.2) is 54.5 Å². The fourth-order valence-corrected chi connectivity index (χ4v) is 2.89. The number of tetrazole rings is 1. The normalized spacial score (nSPS) is 12.1. The van der Waals surface area contributed by atoms with Crippen molar-refractivity contribution >= 4 is 5.97 Å². The van der Waals surface area contributed by atoms with E-state index in [9.17, 15) is 9.90 Å². The number of nitrogens with zero attached hydrogens (tertiary/aromatic N) is 6. The van der Waals surface area contributed by atoms with E-state index < -0.39 is 12.0 Å². The Balaban J connectivity index is 1.81. The summed E-state index contributed by atoms with van der Waals surface area (Å²) in [5.74, 6) is 0.0973. The molecule has 0 aliphatic heterocycles. The number of phenolic OH excluding ortho intramolecular Hbond substituents is 1. The maximum atomic E-state index is 11.7. The summed E-state index contributed by atoms with van der Waals surface area (Å²) in [4.78, 5) is 15.7. The maximum absolute atomic E-state index is 11.7. The molecule has 2 heterocycles. The van der Waals surface area contributed by atoms with E-state index in [1.807, 2.05) is 29.8 Å². The van der Waals surface area contributed by atoms with Crippen molar-refractivity contribution < 1.29 is 14.6 Å². The Kier molecular flexibility index (Phi) is 6.33. The van der Waals surface area contributed by atoms with Crippen molar-refractivity contribution in [1.82, 2.24) is 35.1 Å². The van der Waals surface area contributed by atoms with E-state index in [0.29, 0.717) is 17.9 Å². The van der Waals surface area contributed by atoms with Crippen LogP contribution < -0.4 is 5.32 Å². The molecule has 1 atom stereocenters. The van der Waals surface area contributed by atoms with Crippen LogP contribution in [0, 0.1) is 6.92 Å². The zero-order valence-corrected chi connectivity index (χ0v) is 15.8. The van der Waals surface area contributed by atoms with Gasteiger partial charge in [0.25, 0.3) is 0 Å². The zero-order valence-electron chi connectivity index (χ0n) is 15.8. The minimum absolute atomic E-state index is 0.112. The second-order valence-corrected chi connectivity index (χ2v) is 6.37. The SMILES string of the molecule is COC(=O)Cn1nnnc1C(NCCCn1ccnc1)c1cc(C)ccc1O. The number of hydrogen-bond acceptors (Lipinski definition) is 8. The van der Waals surface area contributed by atoms with Gasteiger partial charge in [0.05, 0.1) is 19.5 Å². The Hall–Kier alpha value is -3.27. The molecule has 0 aliphatic carbocycles. The summed E-state index contributed by atoms with van der Waals surface area (Å²) in [6.07, 6.45) is 6.24. The van der Waals surface area contributed by atoms with Gasteiger partial charge in [0, 0.05) is 24.5 Å². The van der Waals surface area contributed by atoms with E-state index in [1.165, 1.54) is 11.8 Å². The maximum Gasteiger partial charge on any atom is 0.327 e. The number of aryl methyl sites for hydroxylation is 2. The van der Waals surface area contributed by atoms with Gasteiger partial charge in [-0.25, -0.2) is 9.67 Å². The van der Waals surface area contributed by atoms with E-state index in [-0.39, 0.29) is 12.3 Å². The Morgan fingerprint density at radius 1 is 1.39 bits per heavy atom. The third-order valence-electron chi connectivity index (χ3n) is 4.32. The van der Waals surface area contributed by atoms with Gasteiger partial charge < -0.3 is 19.7 Å². The molecule has 0 spiro atoms. The molecule has 0 saturated carbocycles. The van der Waals surface area contributed by atoms with E-state index in [0.717, 1.165) is 18.5 Å². The topological polar surface area (TPSA) is 120 Å². The number of ether oxygens (including phenoxy) is 1. The zero-order chi connectivity index (χ0) is 19.9. The molecule has 0 amide bonds. The average Bonchev–Trinajstić information content (AvgIpc) is 3.36. The summed E-state index contributed by atoms with van der Waals surface area (Å²) in [7, 11) is 1.31. The summed E-state index contributed by atoms with van der Waals surface area (Å²) in [5, 5.41) is 25.5. The summed E-state index contributed by atoms with van der Waals surface area (Å²) >= 11 is 0. The van der Waals surface area contributed by atoms with Gasteiger partial charge in [-0.15, -0.1) is 5.10 Å². The van der Waals surface area contributed by atoms with Crippen LogP contribution in [0.15, 0.2) is 36.9 Å². The molecule has 0 bridgehead atoms. The van der Waals surface area contributed by atoms with Crippen molar-refractivity contribution in [3.05, 3.63) is 53.9 Å². The lowest BCUT2D eigenvalue weighted by atomic mass is 10.0. The molecule has 2 N–H and O–H groups in total. The number of hydrogen-bond donors (Lipinski definition) is 2. The largest absolute Gasteiger partial charge is 0.508 e. The van der Waals surface area contributed by atoms with Crippen LogP contribution in [0.5, 0.6) is 5.75 Å². The van der Waals surface area contributed by atoms with Crippen LogP contribution in [-0.2, 0) is 22.6 Å². The number of benzene rings is 1. The number of methoxy groups -OCH3 is 1. The molecule has 0 saturated heterocycles. The van der Waals surface area contributed by atoms with Gasteiger partial charge in [-0.2, -0.15) is 0 Å². The number of aromatic hydroxyl groups is 1. The van der Waals surface area contributed by atoms with Gasteiger partial charge in [-0.1, -0.05) is 17.7 Å². The monoisotopic (exact) mass is 385 g/mol. The number of phenols is 1. The number of esters is 1. The molecule has 1 aromatic carbocycles. The lowest BCUT2D eigenvalue weighted by Gasteiger charge is -2.20. The molecule has 0 fully saturated rings. The second kappa shape index (κ2) is 9.09. The summed E-state index contributed by atoms with van der Waals surface area (Å²) in [6, 6.07) is 4.86. The first-order valence-electron chi connectivity index (χ1n) is 8.90. The highest BCUT2D eigenvalue weighted by Gasteiger charge is 2.24. The number of nitrogens with one attached hydrogen (secondary N) is 1. The molecule has 0 radical (unpaired) electrons. The molecule has 1 unspecified atom stereocenters. The number of rotatable bonds is 9. The van der Waals surface area contributed by atoms with Gasteiger partial charge in [-0.05, 0) is 36.4 Å². The average molecular weight is 385 g/mol. The third kappa shape index (κ3) is 4.71. The smallest absolute Gasteiger partial charge is 0.327 e. The van der Waals surface area contributed by atoms with Crippen LogP contribution in [0.3, 0.4) is 0 Å². The fraction of sp³-hybridized carbons (Fsp3) is 0.389. The van der Waals surface area contributed by atoms with Crippen LogP contribution in [0.4, 0.5) is 0 Å². The first-order valence-corrected chi connectivity index (χ1v) is 8.90.